The number of hydrogen-bond acceptors (Lipinski definition) is 2. The van der Waals surface area contributed by atoms with Gasteiger partial charge in [0.25, 0.3) is 0 Å². The molecule has 1 aliphatic carbocycles. The van der Waals surface area contributed by atoms with E-state index in [0.717, 1.165) is 0 Å². The summed E-state index contributed by atoms with van der Waals surface area (Å²) >= 11 is 0. The first-order valence-electron chi connectivity index (χ1n) is 16.3. The Kier molecular flexibility index (Phi) is 10.1. The van der Waals surface area contributed by atoms with Crippen molar-refractivity contribution in [2.45, 2.75) is 155 Å². The molecule has 2 aliphatic rings. The normalized spacial score (nSPS) is 18.4. The molecule has 2 aromatic carbocycles. The summed E-state index contributed by atoms with van der Waals surface area (Å²) in [5, 5.41) is 0. The van der Waals surface area contributed by atoms with Crippen molar-refractivity contribution in [3.63, 3.8) is 0 Å². The van der Waals surface area contributed by atoms with Crippen LogP contribution in [0.25, 0.3) is 11.1 Å². The summed E-state index contributed by atoms with van der Waals surface area (Å²) in [6.45, 7) is 15.5. The second-order valence-corrected chi connectivity index (χ2v) is 13.6. The van der Waals surface area contributed by atoms with Crippen LogP contribution in [-0.2, 0) is 14.7 Å². The van der Waals surface area contributed by atoms with Crippen LogP contribution in [0.15, 0.2) is 36.4 Å². The van der Waals surface area contributed by atoms with Gasteiger partial charge in [-0.3, -0.25) is 0 Å². The highest BCUT2D eigenvalue weighted by Crippen LogP contribution is 2.54. The zero-order chi connectivity index (χ0) is 28.1. The Morgan fingerprint density at radius 1 is 0.590 bits per heavy atom. The van der Waals surface area contributed by atoms with Crippen molar-refractivity contribution >= 4 is 12.6 Å². The summed E-state index contributed by atoms with van der Waals surface area (Å²) in [4.78, 5) is 0. The lowest BCUT2D eigenvalue weighted by Gasteiger charge is -2.33. The number of aryl methyl sites for hydroxylation is 1. The van der Waals surface area contributed by atoms with Gasteiger partial charge in [0.1, 0.15) is 0 Å². The van der Waals surface area contributed by atoms with Crippen LogP contribution < -0.4 is 5.46 Å². The molecule has 0 atom stereocenters. The molecule has 4 rings (SSSR count). The van der Waals surface area contributed by atoms with Crippen molar-refractivity contribution in [1.29, 1.82) is 0 Å². The standard InChI is InChI=1S/C36H55BO2/c1-8-10-12-14-16-18-24-36(25-19-17-15-13-11-9-2)32-26-28(3)20-22-30(32)31-23-21-29(27-33(31)36)37-38-34(4,5)35(6,7)39-37/h20-23,26-27H,8-19,24-25H2,1-7H3. The van der Waals surface area contributed by atoms with Crippen LogP contribution in [0.3, 0.4) is 0 Å². The van der Waals surface area contributed by atoms with Gasteiger partial charge in [0.15, 0.2) is 0 Å². The second kappa shape index (κ2) is 12.9. The van der Waals surface area contributed by atoms with Crippen molar-refractivity contribution in [3.8, 4) is 11.1 Å². The molecule has 1 aliphatic heterocycles. The van der Waals surface area contributed by atoms with Gasteiger partial charge in [-0.2, -0.15) is 0 Å². The molecule has 0 amide bonds. The Balaban J connectivity index is 1.68. The largest absolute Gasteiger partial charge is 0.494 e. The number of unbranched alkanes of at least 4 members (excludes halogenated alkanes) is 10. The van der Waals surface area contributed by atoms with Crippen LogP contribution in [0.5, 0.6) is 0 Å². The minimum absolute atomic E-state index is 0.0891. The first-order valence-corrected chi connectivity index (χ1v) is 16.3. The van der Waals surface area contributed by atoms with Gasteiger partial charge in [-0.25, -0.2) is 0 Å². The Morgan fingerprint density at radius 3 is 1.59 bits per heavy atom. The monoisotopic (exact) mass is 530 g/mol. The predicted octanol–water partition coefficient (Wildman–Crippen LogP) is 10.1. The van der Waals surface area contributed by atoms with Crippen molar-refractivity contribution in [1.82, 2.24) is 0 Å². The van der Waals surface area contributed by atoms with Gasteiger partial charge in [0.05, 0.1) is 11.2 Å². The third-order valence-corrected chi connectivity index (χ3v) is 9.98. The average Bonchev–Trinajstić information content (AvgIpc) is 3.29. The second-order valence-electron chi connectivity index (χ2n) is 13.6. The van der Waals surface area contributed by atoms with E-state index in [4.69, 9.17) is 9.31 Å². The van der Waals surface area contributed by atoms with E-state index < -0.39 is 0 Å². The van der Waals surface area contributed by atoms with Crippen molar-refractivity contribution in [2.75, 3.05) is 0 Å². The molecule has 1 saturated heterocycles. The van der Waals surface area contributed by atoms with Crippen LogP contribution in [0, 0.1) is 6.92 Å². The number of rotatable bonds is 15. The Labute approximate surface area is 240 Å². The summed E-state index contributed by atoms with van der Waals surface area (Å²) in [6.07, 6.45) is 18.6. The molecular formula is C36H55BO2. The van der Waals surface area contributed by atoms with Crippen LogP contribution in [-0.4, -0.2) is 18.3 Å². The van der Waals surface area contributed by atoms with Crippen molar-refractivity contribution in [3.05, 3.63) is 53.1 Å². The summed E-state index contributed by atoms with van der Waals surface area (Å²) in [5.41, 5.74) is 7.97. The van der Waals surface area contributed by atoms with E-state index in [-0.39, 0.29) is 23.7 Å². The zero-order valence-electron chi connectivity index (χ0n) is 26.3. The molecule has 2 aromatic rings. The van der Waals surface area contributed by atoms with Gasteiger partial charge in [-0.05, 0) is 75.2 Å². The van der Waals surface area contributed by atoms with E-state index in [1.807, 2.05) is 0 Å². The number of hydrogen-bond donors (Lipinski definition) is 0. The predicted molar refractivity (Wildman–Crippen MR) is 169 cm³/mol. The molecule has 39 heavy (non-hydrogen) atoms. The first-order chi connectivity index (χ1) is 18.6. The van der Waals surface area contributed by atoms with Gasteiger partial charge < -0.3 is 9.31 Å². The van der Waals surface area contributed by atoms with E-state index in [9.17, 15) is 0 Å². The van der Waals surface area contributed by atoms with Gasteiger partial charge in [0.2, 0.25) is 0 Å². The lowest BCUT2D eigenvalue weighted by molar-refractivity contribution is 0.00578. The third-order valence-electron chi connectivity index (χ3n) is 9.98. The minimum Gasteiger partial charge on any atom is -0.399 e. The molecular weight excluding hydrogens is 475 g/mol. The fourth-order valence-corrected chi connectivity index (χ4v) is 6.83. The summed E-state index contributed by atoms with van der Waals surface area (Å²) in [7, 11) is -0.313. The summed E-state index contributed by atoms with van der Waals surface area (Å²) in [5.74, 6) is 0. The maximum absolute atomic E-state index is 6.52. The van der Waals surface area contributed by atoms with E-state index in [1.54, 1.807) is 5.56 Å². The van der Waals surface area contributed by atoms with Gasteiger partial charge in [-0.1, -0.05) is 133 Å². The van der Waals surface area contributed by atoms with E-state index in [0.29, 0.717) is 0 Å². The average molecular weight is 531 g/mol. The van der Waals surface area contributed by atoms with Crippen LogP contribution >= 0.6 is 0 Å². The van der Waals surface area contributed by atoms with Crippen LogP contribution in [0.4, 0.5) is 0 Å². The van der Waals surface area contributed by atoms with E-state index in [2.05, 4.69) is 84.9 Å². The minimum atomic E-state index is -0.329. The molecule has 0 bridgehead atoms. The molecule has 214 valence electrons. The van der Waals surface area contributed by atoms with E-state index >= 15 is 0 Å². The molecule has 0 N–H and O–H groups in total. The molecule has 0 aromatic heterocycles. The number of fused-ring (bicyclic) bond motifs is 3. The van der Waals surface area contributed by atoms with Crippen LogP contribution in [0.1, 0.15) is 148 Å². The topological polar surface area (TPSA) is 18.5 Å². The molecule has 3 heteroatoms. The van der Waals surface area contributed by atoms with E-state index in [1.165, 1.54) is 118 Å². The smallest absolute Gasteiger partial charge is 0.399 e. The molecule has 0 spiro atoms. The molecule has 0 saturated carbocycles. The van der Waals surface area contributed by atoms with Crippen LogP contribution in [0.2, 0.25) is 0 Å². The van der Waals surface area contributed by atoms with Crippen molar-refractivity contribution in [2.24, 2.45) is 0 Å². The quantitative estimate of drug-likeness (QED) is 0.168. The van der Waals surface area contributed by atoms with Gasteiger partial charge in [-0.15, -0.1) is 0 Å². The summed E-state index contributed by atoms with van der Waals surface area (Å²) in [6, 6.07) is 14.3. The molecule has 0 unspecified atom stereocenters. The first kappa shape index (κ1) is 30.4. The lowest BCUT2D eigenvalue weighted by Crippen LogP contribution is -2.41. The highest BCUT2D eigenvalue weighted by molar-refractivity contribution is 6.62. The molecule has 1 heterocycles. The highest BCUT2D eigenvalue weighted by atomic mass is 16.7. The molecule has 0 radical (unpaired) electrons. The SMILES string of the molecule is CCCCCCCCC1(CCCCCCCC)c2cc(C)ccc2-c2ccc(B3OC(C)(C)C(C)(C)O3)cc21. The lowest BCUT2D eigenvalue weighted by atomic mass is 9.68. The summed E-state index contributed by atoms with van der Waals surface area (Å²) < 4.78 is 13.0. The molecule has 2 nitrogen and oxygen atoms in total. The maximum atomic E-state index is 6.52. The number of benzene rings is 2. The zero-order valence-corrected chi connectivity index (χ0v) is 26.3. The highest BCUT2D eigenvalue weighted by Gasteiger charge is 2.52. The Morgan fingerprint density at radius 2 is 1.05 bits per heavy atom. The third kappa shape index (κ3) is 6.51. The Hall–Kier alpha value is -1.58. The van der Waals surface area contributed by atoms with Gasteiger partial charge in [0, 0.05) is 5.41 Å². The fraction of sp³-hybridized carbons (Fsp3) is 0.667. The maximum Gasteiger partial charge on any atom is 0.494 e. The Bertz CT molecular complexity index is 1050. The van der Waals surface area contributed by atoms with Gasteiger partial charge >= 0.3 is 7.12 Å². The fourth-order valence-electron chi connectivity index (χ4n) is 6.83. The molecule has 1 fully saturated rings. The van der Waals surface area contributed by atoms with Crippen molar-refractivity contribution < 1.29 is 9.31 Å².